The molecule has 0 aliphatic heterocycles. The maximum atomic E-state index is 11.3. The van der Waals surface area contributed by atoms with Gasteiger partial charge in [-0.3, -0.25) is 4.79 Å². The normalized spacial score (nSPS) is 11.2. The molecular formula is C4H5ClF3NO. The fourth-order valence-electron chi connectivity index (χ4n) is 0.261. The first-order valence-electron chi connectivity index (χ1n) is 2.39. The average molecular weight is 176 g/mol. The van der Waals surface area contributed by atoms with Crippen molar-refractivity contribution in [2.24, 2.45) is 0 Å². The van der Waals surface area contributed by atoms with E-state index in [1.165, 1.54) is 0 Å². The molecule has 0 unspecified atom stereocenters. The first kappa shape index (κ1) is 9.55. The van der Waals surface area contributed by atoms with Crippen LogP contribution in [0, 0.1) is 0 Å². The summed E-state index contributed by atoms with van der Waals surface area (Å²) in [4.78, 5) is 9.93. The third kappa shape index (κ3) is 3.55. The van der Waals surface area contributed by atoms with Crippen LogP contribution < -0.4 is 5.32 Å². The van der Waals surface area contributed by atoms with E-state index in [4.69, 9.17) is 11.6 Å². The van der Waals surface area contributed by atoms with Gasteiger partial charge in [-0.05, 0) is 0 Å². The molecule has 0 radical (unpaired) electrons. The summed E-state index contributed by atoms with van der Waals surface area (Å²) in [5, 5.41) is 1.58. The molecule has 0 aromatic rings. The Labute approximate surface area is 60.3 Å². The van der Waals surface area contributed by atoms with Crippen molar-refractivity contribution in [1.82, 2.24) is 5.32 Å². The predicted molar refractivity (Wildman–Crippen MR) is 29.8 cm³/mol. The van der Waals surface area contributed by atoms with Gasteiger partial charge in [0.15, 0.2) is 0 Å². The minimum absolute atomic E-state index is 0.0260. The lowest BCUT2D eigenvalue weighted by Gasteiger charge is -2.04. The molecule has 0 bridgehead atoms. The topological polar surface area (TPSA) is 29.1 Å². The summed E-state index contributed by atoms with van der Waals surface area (Å²) in [7, 11) is 0. The minimum atomic E-state index is -4.80. The SMILES string of the molecule is O=C(NCCCl)C(F)(F)F. The predicted octanol–water partition coefficient (Wildman–Crippen LogP) is 0.904. The van der Waals surface area contributed by atoms with Crippen molar-refractivity contribution in [3.63, 3.8) is 0 Å². The molecule has 0 aliphatic carbocycles. The number of nitrogens with one attached hydrogen (secondary N) is 1. The highest BCUT2D eigenvalue weighted by molar-refractivity contribution is 6.18. The zero-order valence-corrected chi connectivity index (χ0v) is 5.59. The lowest BCUT2D eigenvalue weighted by molar-refractivity contribution is -0.173. The van der Waals surface area contributed by atoms with Crippen molar-refractivity contribution in [3.05, 3.63) is 0 Å². The van der Waals surface area contributed by atoms with Crippen molar-refractivity contribution in [1.29, 1.82) is 0 Å². The highest BCUT2D eigenvalue weighted by Gasteiger charge is 2.37. The van der Waals surface area contributed by atoms with Crippen LogP contribution in [0.5, 0.6) is 0 Å². The molecule has 10 heavy (non-hydrogen) atoms. The molecule has 0 fully saturated rings. The Balaban J connectivity index is 3.64. The maximum absolute atomic E-state index is 11.3. The number of amides is 1. The van der Waals surface area contributed by atoms with Gasteiger partial charge in [0.05, 0.1) is 0 Å². The summed E-state index contributed by atoms with van der Waals surface area (Å²) in [5.74, 6) is -1.98. The third-order valence-electron chi connectivity index (χ3n) is 0.638. The van der Waals surface area contributed by atoms with E-state index in [0.29, 0.717) is 0 Å². The van der Waals surface area contributed by atoms with E-state index >= 15 is 0 Å². The second kappa shape index (κ2) is 3.65. The van der Waals surface area contributed by atoms with E-state index in [1.807, 2.05) is 0 Å². The fourth-order valence-corrected chi connectivity index (χ4v) is 0.355. The summed E-state index contributed by atoms with van der Waals surface area (Å²) in [6, 6.07) is 0. The molecule has 1 amide bonds. The van der Waals surface area contributed by atoms with Crippen molar-refractivity contribution < 1.29 is 18.0 Å². The fraction of sp³-hybridized carbons (Fsp3) is 0.750. The van der Waals surface area contributed by atoms with Crippen LogP contribution in [0.3, 0.4) is 0 Å². The summed E-state index contributed by atoms with van der Waals surface area (Å²) in [6.07, 6.45) is -4.80. The molecule has 0 saturated heterocycles. The van der Waals surface area contributed by atoms with Crippen LogP contribution in [0.4, 0.5) is 13.2 Å². The Morgan fingerprint density at radius 3 is 2.30 bits per heavy atom. The van der Waals surface area contributed by atoms with Crippen molar-refractivity contribution in [2.75, 3.05) is 12.4 Å². The molecule has 0 aromatic heterocycles. The largest absolute Gasteiger partial charge is 0.471 e. The van der Waals surface area contributed by atoms with Crippen LogP contribution in [0.1, 0.15) is 0 Å². The molecule has 60 valence electrons. The molecule has 0 rings (SSSR count). The standard InChI is InChI=1S/C4H5ClF3NO/c5-1-2-9-3(10)4(6,7)8/h1-2H2,(H,9,10). The summed E-state index contributed by atoms with van der Waals surface area (Å²) in [6.45, 7) is -0.167. The van der Waals surface area contributed by atoms with E-state index in [9.17, 15) is 18.0 Å². The van der Waals surface area contributed by atoms with E-state index in [0.717, 1.165) is 0 Å². The van der Waals surface area contributed by atoms with Gasteiger partial charge >= 0.3 is 12.1 Å². The van der Waals surface area contributed by atoms with Crippen molar-refractivity contribution >= 4 is 17.5 Å². The molecule has 6 heteroatoms. The smallest absolute Gasteiger partial charge is 0.347 e. The van der Waals surface area contributed by atoms with Gasteiger partial charge in [-0.15, -0.1) is 11.6 Å². The van der Waals surface area contributed by atoms with E-state index < -0.39 is 12.1 Å². The zero-order chi connectivity index (χ0) is 8.20. The number of carbonyl (C=O) groups is 1. The quantitative estimate of drug-likeness (QED) is 0.621. The Morgan fingerprint density at radius 2 is 2.00 bits per heavy atom. The van der Waals surface area contributed by atoms with Crippen LogP contribution >= 0.6 is 11.6 Å². The van der Waals surface area contributed by atoms with Gasteiger partial charge in [0.2, 0.25) is 0 Å². The molecule has 0 aliphatic rings. The number of alkyl halides is 4. The Bertz CT molecular complexity index is 124. The number of carbonyl (C=O) groups excluding carboxylic acids is 1. The Hall–Kier alpha value is -0.450. The van der Waals surface area contributed by atoms with Crippen LogP contribution in [0.25, 0.3) is 0 Å². The van der Waals surface area contributed by atoms with E-state index in [-0.39, 0.29) is 12.4 Å². The van der Waals surface area contributed by atoms with Gasteiger partial charge in [0, 0.05) is 12.4 Å². The number of hydrogen-bond donors (Lipinski definition) is 1. The Morgan fingerprint density at radius 1 is 1.50 bits per heavy atom. The monoisotopic (exact) mass is 175 g/mol. The van der Waals surface area contributed by atoms with Crippen LogP contribution in [0.2, 0.25) is 0 Å². The van der Waals surface area contributed by atoms with Crippen LogP contribution in [-0.2, 0) is 4.79 Å². The Kier molecular flexibility index (Phi) is 3.49. The second-order valence-electron chi connectivity index (χ2n) is 1.44. The highest BCUT2D eigenvalue weighted by Crippen LogP contribution is 2.13. The maximum Gasteiger partial charge on any atom is 0.471 e. The number of hydrogen-bond acceptors (Lipinski definition) is 1. The first-order chi connectivity index (χ1) is 4.48. The van der Waals surface area contributed by atoms with Gasteiger partial charge in [-0.25, -0.2) is 0 Å². The second-order valence-corrected chi connectivity index (χ2v) is 1.82. The van der Waals surface area contributed by atoms with Crippen LogP contribution in [0.15, 0.2) is 0 Å². The minimum Gasteiger partial charge on any atom is -0.347 e. The first-order valence-corrected chi connectivity index (χ1v) is 2.93. The number of halogens is 4. The van der Waals surface area contributed by atoms with E-state index in [2.05, 4.69) is 0 Å². The zero-order valence-electron chi connectivity index (χ0n) is 4.83. The number of rotatable bonds is 2. The van der Waals surface area contributed by atoms with Gasteiger partial charge < -0.3 is 5.32 Å². The summed E-state index contributed by atoms with van der Waals surface area (Å²) >= 11 is 5.01. The van der Waals surface area contributed by atoms with Gasteiger partial charge in [0.25, 0.3) is 0 Å². The van der Waals surface area contributed by atoms with Gasteiger partial charge in [-0.1, -0.05) is 0 Å². The van der Waals surface area contributed by atoms with Gasteiger partial charge in [-0.2, -0.15) is 13.2 Å². The van der Waals surface area contributed by atoms with Crippen molar-refractivity contribution in [2.45, 2.75) is 6.18 Å². The van der Waals surface area contributed by atoms with Crippen LogP contribution in [-0.4, -0.2) is 24.5 Å². The summed E-state index contributed by atoms with van der Waals surface area (Å²) in [5.41, 5.74) is 0. The molecule has 0 saturated carbocycles. The molecule has 1 N–H and O–H groups in total. The molecular weight excluding hydrogens is 170 g/mol. The average Bonchev–Trinajstić information content (AvgIpc) is 1.80. The molecule has 2 nitrogen and oxygen atoms in total. The lowest BCUT2D eigenvalue weighted by atomic mass is 10.5. The van der Waals surface area contributed by atoms with E-state index in [1.54, 1.807) is 5.32 Å². The molecule has 0 heterocycles. The summed E-state index contributed by atoms with van der Waals surface area (Å²) < 4.78 is 34.0. The molecule has 0 aromatic carbocycles. The lowest BCUT2D eigenvalue weighted by Crippen LogP contribution is -2.37. The third-order valence-corrected chi connectivity index (χ3v) is 0.826. The van der Waals surface area contributed by atoms with Gasteiger partial charge in [0.1, 0.15) is 0 Å². The van der Waals surface area contributed by atoms with Crippen molar-refractivity contribution in [3.8, 4) is 0 Å². The molecule has 0 atom stereocenters. The molecule has 0 spiro atoms. The highest BCUT2D eigenvalue weighted by atomic mass is 35.5.